The predicted molar refractivity (Wildman–Crippen MR) is 60.8 cm³/mol. The second kappa shape index (κ2) is 5.29. The van der Waals surface area contributed by atoms with Gasteiger partial charge in [-0.05, 0) is 31.0 Å². The van der Waals surface area contributed by atoms with E-state index in [1.807, 2.05) is 6.92 Å². The molecule has 0 aliphatic carbocycles. The van der Waals surface area contributed by atoms with E-state index in [-0.39, 0.29) is 16.5 Å². The van der Waals surface area contributed by atoms with Crippen LogP contribution in [0.25, 0.3) is 0 Å². The molecule has 17 heavy (non-hydrogen) atoms. The molecule has 94 valence electrons. The molecular weight excluding hydrogens is 242 g/mol. The number of rotatable bonds is 5. The van der Waals surface area contributed by atoms with Gasteiger partial charge < -0.3 is 9.90 Å². The molecule has 0 unspecified atom stereocenters. The van der Waals surface area contributed by atoms with Crippen LogP contribution in [0.3, 0.4) is 0 Å². The Morgan fingerprint density at radius 2 is 2.12 bits per heavy atom. The number of carboxylic acid groups (broad SMARTS) is 1. The van der Waals surface area contributed by atoms with Crippen molar-refractivity contribution in [1.29, 1.82) is 0 Å². The molecule has 0 aliphatic rings. The van der Waals surface area contributed by atoms with Gasteiger partial charge in [-0.25, -0.2) is 13.1 Å². The molecule has 1 rings (SSSR count). The van der Waals surface area contributed by atoms with Gasteiger partial charge in [0.2, 0.25) is 10.0 Å². The van der Waals surface area contributed by atoms with Gasteiger partial charge in [-0.15, -0.1) is 0 Å². The molecule has 0 radical (unpaired) electrons. The number of benzene rings is 1. The molecule has 0 amide bonds. The minimum atomic E-state index is -3.67. The Bertz CT molecular complexity index is 510. The van der Waals surface area contributed by atoms with Gasteiger partial charge in [0.25, 0.3) is 0 Å². The van der Waals surface area contributed by atoms with Crippen molar-refractivity contribution in [2.24, 2.45) is 0 Å². The normalized spacial score (nSPS) is 13.3. The maximum absolute atomic E-state index is 11.9. The Labute approximate surface area is 101 Å². The number of hydrogen-bond acceptors (Lipinski definition) is 4. The molecule has 0 fully saturated rings. The Hall–Kier alpha value is -1.40. The summed E-state index contributed by atoms with van der Waals surface area (Å²) in [6.45, 7) is 3.59. The average molecular weight is 256 g/mol. The van der Waals surface area contributed by atoms with Crippen LogP contribution in [0, 0.1) is 0 Å². The first-order chi connectivity index (χ1) is 7.86. The van der Waals surface area contributed by atoms with E-state index in [1.165, 1.54) is 18.2 Å². The monoisotopic (exact) mass is 256 g/mol. The summed E-state index contributed by atoms with van der Waals surface area (Å²) in [4.78, 5) is 10.6. The van der Waals surface area contributed by atoms with Crippen LogP contribution < -0.4 is 9.83 Å². The van der Waals surface area contributed by atoms with E-state index < -0.39 is 16.0 Å². The van der Waals surface area contributed by atoms with Crippen molar-refractivity contribution in [3.63, 3.8) is 0 Å². The van der Waals surface area contributed by atoms with Gasteiger partial charge in [0.05, 0.1) is 10.9 Å². The first kappa shape index (κ1) is 13.7. The molecule has 0 bridgehead atoms. The minimum absolute atomic E-state index is 0.0699. The number of aromatic carboxylic acids is 1. The molecule has 1 atom stereocenters. The average Bonchev–Trinajstić information content (AvgIpc) is 2.28. The molecule has 1 N–H and O–H groups in total. The van der Waals surface area contributed by atoms with E-state index in [0.29, 0.717) is 6.42 Å². The quantitative estimate of drug-likeness (QED) is 0.811. The lowest BCUT2D eigenvalue weighted by Gasteiger charge is -2.13. The second-order valence-corrected chi connectivity index (χ2v) is 5.46. The van der Waals surface area contributed by atoms with Crippen LogP contribution in [0.2, 0.25) is 0 Å². The highest BCUT2D eigenvalue weighted by molar-refractivity contribution is 7.89. The highest BCUT2D eigenvalue weighted by Gasteiger charge is 2.16. The zero-order valence-electron chi connectivity index (χ0n) is 9.64. The van der Waals surface area contributed by atoms with E-state index in [1.54, 1.807) is 6.92 Å². The highest BCUT2D eigenvalue weighted by atomic mass is 32.2. The summed E-state index contributed by atoms with van der Waals surface area (Å²) in [6, 6.07) is 4.89. The van der Waals surface area contributed by atoms with E-state index in [9.17, 15) is 18.3 Å². The molecule has 1 aromatic carbocycles. The molecule has 1 aromatic rings. The van der Waals surface area contributed by atoms with Crippen LogP contribution in [0.5, 0.6) is 0 Å². The van der Waals surface area contributed by atoms with Gasteiger partial charge >= 0.3 is 0 Å². The third-order valence-corrected chi connectivity index (χ3v) is 3.94. The fourth-order valence-electron chi connectivity index (χ4n) is 1.21. The third-order valence-electron chi connectivity index (χ3n) is 2.35. The maximum atomic E-state index is 11.9. The Morgan fingerprint density at radius 3 is 2.65 bits per heavy atom. The summed E-state index contributed by atoms with van der Waals surface area (Å²) in [5, 5.41) is 10.6. The summed E-state index contributed by atoms with van der Waals surface area (Å²) in [6.07, 6.45) is 0.652. The molecule has 0 aliphatic heterocycles. The first-order valence-corrected chi connectivity index (χ1v) is 6.69. The first-order valence-electron chi connectivity index (χ1n) is 5.20. The Morgan fingerprint density at radius 1 is 1.47 bits per heavy atom. The van der Waals surface area contributed by atoms with Crippen LogP contribution in [0.4, 0.5) is 0 Å². The van der Waals surface area contributed by atoms with Crippen LogP contribution in [0.1, 0.15) is 30.6 Å². The van der Waals surface area contributed by atoms with Crippen LogP contribution in [-0.4, -0.2) is 20.4 Å². The van der Waals surface area contributed by atoms with Crippen molar-refractivity contribution >= 4 is 16.0 Å². The van der Waals surface area contributed by atoms with Crippen LogP contribution in [-0.2, 0) is 10.0 Å². The number of carboxylic acids is 1. The van der Waals surface area contributed by atoms with E-state index in [2.05, 4.69) is 4.72 Å². The topological polar surface area (TPSA) is 86.3 Å². The largest absolute Gasteiger partial charge is 0.545 e. The van der Waals surface area contributed by atoms with Crippen molar-refractivity contribution < 1.29 is 18.3 Å². The van der Waals surface area contributed by atoms with Crippen molar-refractivity contribution in [3.05, 3.63) is 29.8 Å². The number of carbonyl (C=O) groups is 1. The molecule has 6 heteroatoms. The van der Waals surface area contributed by atoms with E-state index in [4.69, 9.17) is 0 Å². The standard InChI is InChI=1S/C11H15NO4S/c1-3-8(2)12-17(15,16)10-6-4-5-9(7-10)11(13)14/h4-8,12H,3H2,1-2H3,(H,13,14)/p-1/t8-/m0/s1. The molecule has 0 saturated heterocycles. The molecule has 0 spiro atoms. The lowest BCUT2D eigenvalue weighted by atomic mass is 10.2. The Balaban J connectivity index is 3.07. The third kappa shape index (κ3) is 3.54. The summed E-state index contributed by atoms with van der Waals surface area (Å²) >= 11 is 0. The fraction of sp³-hybridized carbons (Fsp3) is 0.364. The Kier molecular flexibility index (Phi) is 4.25. The van der Waals surface area contributed by atoms with Gasteiger partial charge in [-0.2, -0.15) is 0 Å². The van der Waals surface area contributed by atoms with Gasteiger partial charge in [0, 0.05) is 6.04 Å². The molecule has 0 aromatic heterocycles. The van der Waals surface area contributed by atoms with E-state index in [0.717, 1.165) is 6.07 Å². The molecule has 5 nitrogen and oxygen atoms in total. The van der Waals surface area contributed by atoms with Gasteiger partial charge in [0.1, 0.15) is 0 Å². The number of carbonyl (C=O) groups excluding carboxylic acids is 1. The maximum Gasteiger partial charge on any atom is 0.240 e. The zero-order valence-corrected chi connectivity index (χ0v) is 10.5. The van der Waals surface area contributed by atoms with Gasteiger partial charge in [0.15, 0.2) is 0 Å². The summed E-state index contributed by atoms with van der Waals surface area (Å²) in [5.41, 5.74) is -0.156. The lowest BCUT2D eigenvalue weighted by Crippen LogP contribution is -2.32. The van der Waals surface area contributed by atoms with Crippen LogP contribution in [0.15, 0.2) is 29.2 Å². The minimum Gasteiger partial charge on any atom is -0.545 e. The highest BCUT2D eigenvalue weighted by Crippen LogP contribution is 2.12. The van der Waals surface area contributed by atoms with Crippen molar-refractivity contribution in [1.82, 2.24) is 4.72 Å². The summed E-state index contributed by atoms with van der Waals surface area (Å²) in [7, 11) is -3.67. The summed E-state index contributed by atoms with van der Waals surface area (Å²) < 4.78 is 26.2. The molecule has 0 heterocycles. The smallest absolute Gasteiger partial charge is 0.240 e. The number of nitrogens with one attached hydrogen (secondary N) is 1. The van der Waals surface area contributed by atoms with Crippen LogP contribution >= 0.6 is 0 Å². The SMILES string of the molecule is CC[C@H](C)NS(=O)(=O)c1cccc(C(=O)[O-])c1. The number of hydrogen-bond donors (Lipinski definition) is 1. The number of sulfonamides is 1. The van der Waals surface area contributed by atoms with E-state index >= 15 is 0 Å². The van der Waals surface area contributed by atoms with Crippen molar-refractivity contribution in [2.45, 2.75) is 31.2 Å². The lowest BCUT2D eigenvalue weighted by molar-refractivity contribution is -0.255. The fourth-order valence-corrected chi connectivity index (χ4v) is 2.58. The molecular formula is C11H14NO4S-. The van der Waals surface area contributed by atoms with Gasteiger partial charge in [-0.3, -0.25) is 0 Å². The molecule has 0 saturated carbocycles. The second-order valence-electron chi connectivity index (χ2n) is 3.75. The van der Waals surface area contributed by atoms with Gasteiger partial charge in [-0.1, -0.05) is 19.1 Å². The van der Waals surface area contributed by atoms with Crippen molar-refractivity contribution in [2.75, 3.05) is 0 Å². The predicted octanol–water partition coefficient (Wildman–Crippen LogP) is 0.127. The summed E-state index contributed by atoms with van der Waals surface area (Å²) in [5.74, 6) is -1.40. The zero-order chi connectivity index (χ0) is 13.1. The van der Waals surface area contributed by atoms with Crippen molar-refractivity contribution in [3.8, 4) is 0 Å².